The molecule has 1 fully saturated rings. The highest BCUT2D eigenvalue weighted by Gasteiger charge is 2.35. The lowest BCUT2D eigenvalue weighted by atomic mass is 10.1. The number of imide groups is 1. The number of aromatic nitrogens is 1. The summed E-state index contributed by atoms with van der Waals surface area (Å²) in [6.07, 6.45) is 3.52. The van der Waals surface area contributed by atoms with E-state index >= 15 is 0 Å². The predicted molar refractivity (Wildman–Crippen MR) is 140 cm³/mol. The predicted octanol–water partition coefficient (Wildman–Crippen LogP) is 8.03. The lowest BCUT2D eigenvalue weighted by Gasteiger charge is -2.13. The van der Waals surface area contributed by atoms with Crippen molar-refractivity contribution in [2.75, 3.05) is 0 Å². The number of carbonyl (C=O) groups excluding carboxylic acids is 2. The molecule has 0 bridgehead atoms. The van der Waals surface area contributed by atoms with Crippen molar-refractivity contribution in [3.63, 3.8) is 0 Å². The smallest absolute Gasteiger partial charge is 0.293 e. The molecule has 4 nitrogen and oxygen atoms in total. The van der Waals surface area contributed by atoms with Crippen molar-refractivity contribution in [3.05, 3.63) is 109 Å². The molecule has 0 atom stereocenters. The molecular weight excluding hydrogens is 530 g/mol. The zero-order valence-corrected chi connectivity index (χ0v) is 21.1. The number of carbonyl (C=O) groups is 2. The van der Waals surface area contributed by atoms with Crippen LogP contribution in [0.5, 0.6) is 0 Å². The molecular formula is C26H16Cl3FN2O2S. The van der Waals surface area contributed by atoms with Gasteiger partial charge in [0.15, 0.2) is 0 Å². The molecule has 0 unspecified atom stereocenters. The summed E-state index contributed by atoms with van der Waals surface area (Å²) in [5, 5.41) is 1.68. The molecule has 1 aliphatic rings. The Balaban J connectivity index is 1.48. The fourth-order valence-corrected chi connectivity index (χ4v) is 5.49. The average molecular weight is 546 g/mol. The minimum Gasteiger partial charge on any atom is -0.342 e. The number of thioether (sulfide) groups is 1. The van der Waals surface area contributed by atoms with Crippen molar-refractivity contribution < 1.29 is 14.0 Å². The molecule has 1 saturated heterocycles. The summed E-state index contributed by atoms with van der Waals surface area (Å²) in [7, 11) is 0. The number of para-hydroxylation sites is 1. The first kappa shape index (κ1) is 23.9. The normalized spacial score (nSPS) is 15.1. The molecule has 0 saturated carbocycles. The zero-order chi connectivity index (χ0) is 24.7. The van der Waals surface area contributed by atoms with Crippen LogP contribution in [0.3, 0.4) is 0 Å². The molecule has 5 rings (SSSR count). The molecule has 2 amide bonds. The Morgan fingerprint density at radius 3 is 2.49 bits per heavy atom. The first-order valence-electron chi connectivity index (χ1n) is 10.5. The molecule has 1 aliphatic heterocycles. The highest BCUT2D eigenvalue weighted by atomic mass is 35.5. The Hall–Kier alpha value is -2.77. The highest BCUT2D eigenvalue weighted by molar-refractivity contribution is 8.18. The monoisotopic (exact) mass is 544 g/mol. The molecule has 0 N–H and O–H groups in total. The number of halogens is 4. The van der Waals surface area contributed by atoms with Gasteiger partial charge in [-0.1, -0.05) is 65.1 Å². The number of amides is 2. The van der Waals surface area contributed by atoms with E-state index in [1.54, 1.807) is 36.4 Å². The third-order valence-corrected chi connectivity index (χ3v) is 7.56. The van der Waals surface area contributed by atoms with Crippen molar-refractivity contribution in [3.8, 4) is 0 Å². The van der Waals surface area contributed by atoms with Crippen LogP contribution >= 0.6 is 46.6 Å². The van der Waals surface area contributed by atoms with Crippen molar-refractivity contribution in [1.82, 2.24) is 9.47 Å². The van der Waals surface area contributed by atoms with E-state index in [4.69, 9.17) is 34.8 Å². The van der Waals surface area contributed by atoms with Crippen LogP contribution in [0.2, 0.25) is 15.1 Å². The molecule has 2 heterocycles. The van der Waals surface area contributed by atoms with Gasteiger partial charge < -0.3 is 4.57 Å². The molecule has 176 valence electrons. The van der Waals surface area contributed by atoms with Gasteiger partial charge in [0.2, 0.25) is 0 Å². The summed E-state index contributed by atoms with van der Waals surface area (Å²) in [6.45, 7) is 0.266. The first-order valence-corrected chi connectivity index (χ1v) is 12.5. The van der Waals surface area contributed by atoms with Gasteiger partial charge in [0.05, 0.1) is 18.0 Å². The molecule has 0 spiro atoms. The Labute approximate surface area is 219 Å². The van der Waals surface area contributed by atoms with Crippen LogP contribution in [0, 0.1) is 5.82 Å². The topological polar surface area (TPSA) is 42.3 Å². The summed E-state index contributed by atoms with van der Waals surface area (Å²) in [6, 6.07) is 17.1. The second-order valence-electron chi connectivity index (χ2n) is 7.93. The SMILES string of the molecule is O=C1S/C(=C\c2cn(Cc3c(F)cccc3Cl)c3ccccc23)C(=O)N1Cc1ccc(Cl)cc1Cl. The van der Waals surface area contributed by atoms with E-state index in [-0.39, 0.29) is 24.1 Å². The van der Waals surface area contributed by atoms with Crippen molar-refractivity contribution >= 4 is 74.7 Å². The van der Waals surface area contributed by atoms with Gasteiger partial charge in [-0.05, 0) is 53.7 Å². The van der Waals surface area contributed by atoms with Gasteiger partial charge in [-0.3, -0.25) is 14.5 Å². The van der Waals surface area contributed by atoms with Gasteiger partial charge in [-0.15, -0.1) is 0 Å². The molecule has 9 heteroatoms. The fraction of sp³-hybridized carbons (Fsp3) is 0.0769. The minimum atomic E-state index is -0.403. The molecule has 4 aromatic rings. The van der Waals surface area contributed by atoms with Gasteiger partial charge in [-0.2, -0.15) is 0 Å². The fourth-order valence-electron chi connectivity index (χ4n) is 3.97. The standard InChI is InChI=1S/C26H16Cl3FN2O2S/c27-17-9-8-15(21(29)11-17)13-32-25(33)24(35-26(32)34)10-16-12-31(23-7-2-1-4-18(16)23)14-19-20(28)5-3-6-22(19)30/h1-12H,13-14H2/b24-10-. The van der Waals surface area contributed by atoms with Crippen molar-refractivity contribution in [2.24, 2.45) is 0 Å². The third-order valence-electron chi connectivity index (χ3n) is 5.71. The number of rotatable bonds is 5. The maximum absolute atomic E-state index is 14.4. The van der Waals surface area contributed by atoms with E-state index in [0.717, 1.165) is 33.1 Å². The Kier molecular flexibility index (Phi) is 6.64. The molecule has 0 radical (unpaired) electrons. The van der Waals surface area contributed by atoms with Crippen molar-refractivity contribution in [1.29, 1.82) is 0 Å². The van der Waals surface area contributed by atoms with Gasteiger partial charge in [0, 0.05) is 43.3 Å². The van der Waals surface area contributed by atoms with Gasteiger partial charge >= 0.3 is 0 Å². The lowest BCUT2D eigenvalue weighted by Crippen LogP contribution is -2.27. The summed E-state index contributed by atoms with van der Waals surface area (Å²) in [5.74, 6) is -0.793. The summed E-state index contributed by atoms with van der Waals surface area (Å²) < 4.78 is 16.3. The zero-order valence-electron chi connectivity index (χ0n) is 18.0. The molecule has 0 aliphatic carbocycles. The number of nitrogens with zero attached hydrogens (tertiary/aromatic N) is 2. The molecule has 1 aromatic heterocycles. The Morgan fingerprint density at radius 1 is 0.914 bits per heavy atom. The van der Waals surface area contributed by atoms with Crippen LogP contribution in [0.1, 0.15) is 16.7 Å². The van der Waals surface area contributed by atoms with Crippen LogP contribution in [0.4, 0.5) is 9.18 Å². The second-order valence-corrected chi connectivity index (χ2v) is 10.2. The number of fused-ring (bicyclic) bond motifs is 1. The van der Waals surface area contributed by atoms with Crippen LogP contribution in [-0.2, 0) is 17.9 Å². The largest absolute Gasteiger partial charge is 0.342 e. The lowest BCUT2D eigenvalue weighted by molar-refractivity contribution is -0.123. The van der Waals surface area contributed by atoms with Crippen LogP contribution < -0.4 is 0 Å². The van der Waals surface area contributed by atoms with Crippen LogP contribution in [0.25, 0.3) is 17.0 Å². The number of benzene rings is 3. The maximum atomic E-state index is 14.4. The third kappa shape index (κ3) is 4.71. The first-order chi connectivity index (χ1) is 16.8. The maximum Gasteiger partial charge on any atom is 0.293 e. The van der Waals surface area contributed by atoms with Crippen LogP contribution in [0.15, 0.2) is 71.8 Å². The average Bonchev–Trinajstić information content (AvgIpc) is 3.30. The van der Waals surface area contributed by atoms with Crippen LogP contribution in [-0.4, -0.2) is 20.6 Å². The Morgan fingerprint density at radius 2 is 1.71 bits per heavy atom. The van der Waals surface area contributed by atoms with E-state index < -0.39 is 5.91 Å². The summed E-state index contributed by atoms with van der Waals surface area (Å²) in [5.41, 5.74) is 2.59. The highest BCUT2D eigenvalue weighted by Crippen LogP contribution is 2.36. The number of hydrogen-bond donors (Lipinski definition) is 0. The Bertz CT molecular complexity index is 1510. The summed E-state index contributed by atoms with van der Waals surface area (Å²) in [4.78, 5) is 27.2. The summed E-state index contributed by atoms with van der Waals surface area (Å²) >= 11 is 19.3. The second kappa shape index (κ2) is 9.70. The quantitative estimate of drug-likeness (QED) is 0.238. The van der Waals surface area contributed by atoms with E-state index in [9.17, 15) is 14.0 Å². The van der Waals surface area contributed by atoms with Gasteiger partial charge in [0.25, 0.3) is 11.1 Å². The molecule has 3 aromatic carbocycles. The molecule has 35 heavy (non-hydrogen) atoms. The number of hydrogen-bond acceptors (Lipinski definition) is 3. The van der Waals surface area contributed by atoms with Crippen molar-refractivity contribution in [2.45, 2.75) is 13.1 Å². The van der Waals surface area contributed by atoms with Gasteiger partial charge in [-0.25, -0.2) is 4.39 Å². The van der Waals surface area contributed by atoms with E-state index in [0.29, 0.717) is 31.1 Å². The van der Waals surface area contributed by atoms with Gasteiger partial charge in [0.1, 0.15) is 5.82 Å². The van der Waals surface area contributed by atoms with E-state index in [1.165, 1.54) is 6.07 Å². The van der Waals surface area contributed by atoms with E-state index in [2.05, 4.69) is 0 Å². The minimum absolute atomic E-state index is 0.0472. The van der Waals surface area contributed by atoms with E-state index in [1.807, 2.05) is 35.0 Å².